The lowest BCUT2D eigenvalue weighted by molar-refractivity contribution is -0.109. The minimum Gasteiger partial charge on any atom is -0.347 e. The van der Waals surface area contributed by atoms with Gasteiger partial charge >= 0.3 is 0 Å². The standard InChI is InChI=1S/C8H9N3O/c1-2-7(11-6-12)8-5-9-3-4-10-8/h2-7H,1H2,(H,11,12). The summed E-state index contributed by atoms with van der Waals surface area (Å²) < 4.78 is 0. The van der Waals surface area contributed by atoms with Gasteiger partial charge in [-0.25, -0.2) is 0 Å². The fourth-order valence-electron chi connectivity index (χ4n) is 0.819. The van der Waals surface area contributed by atoms with Crippen molar-refractivity contribution in [1.82, 2.24) is 15.3 Å². The van der Waals surface area contributed by atoms with Gasteiger partial charge in [0.05, 0.1) is 17.9 Å². The molecule has 0 saturated carbocycles. The van der Waals surface area contributed by atoms with Gasteiger partial charge in [-0.15, -0.1) is 6.58 Å². The molecule has 62 valence electrons. The molecule has 1 aromatic heterocycles. The number of carbonyl (C=O) groups is 1. The topological polar surface area (TPSA) is 54.9 Å². The predicted molar refractivity (Wildman–Crippen MR) is 44.2 cm³/mol. The van der Waals surface area contributed by atoms with Gasteiger partial charge in [-0.3, -0.25) is 14.8 Å². The molecule has 1 rings (SSSR count). The van der Waals surface area contributed by atoms with Crippen molar-refractivity contribution in [2.75, 3.05) is 0 Å². The smallest absolute Gasteiger partial charge is 0.207 e. The van der Waals surface area contributed by atoms with Crippen LogP contribution in [0, 0.1) is 0 Å². The highest BCUT2D eigenvalue weighted by Crippen LogP contribution is 2.06. The van der Waals surface area contributed by atoms with Crippen molar-refractivity contribution in [3.05, 3.63) is 36.9 Å². The molecule has 0 fully saturated rings. The summed E-state index contributed by atoms with van der Waals surface area (Å²) in [7, 11) is 0. The first kappa shape index (κ1) is 8.39. The second kappa shape index (κ2) is 4.23. The third kappa shape index (κ3) is 1.88. The number of hydrogen-bond acceptors (Lipinski definition) is 3. The fourth-order valence-corrected chi connectivity index (χ4v) is 0.819. The molecule has 1 heterocycles. The summed E-state index contributed by atoms with van der Waals surface area (Å²) in [5, 5.41) is 2.55. The van der Waals surface area contributed by atoms with Crippen LogP contribution < -0.4 is 5.32 Å². The van der Waals surface area contributed by atoms with Crippen molar-refractivity contribution in [1.29, 1.82) is 0 Å². The average Bonchev–Trinajstić information content (AvgIpc) is 2.15. The number of carbonyl (C=O) groups excluding carboxylic acids is 1. The molecule has 0 aromatic carbocycles. The van der Waals surface area contributed by atoms with Crippen LogP contribution in [0.15, 0.2) is 31.2 Å². The lowest BCUT2D eigenvalue weighted by Gasteiger charge is -2.08. The van der Waals surface area contributed by atoms with Crippen molar-refractivity contribution < 1.29 is 4.79 Å². The third-order valence-corrected chi connectivity index (χ3v) is 1.39. The molecule has 0 aliphatic heterocycles. The Hall–Kier alpha value is -1.71. The van der Waals surface area contributed by atoms with Crippen LogP contribution >= 0.6 is 0 Å². The molecule has 0 aliphatic rings. The van der Waals surface area contributed by atoms with Crippen LogP contribution in [0.2, 0.25) is 0 Å². The molecule has 0 spiro atoms. The molecule has 1 atom stereocenters. The zero-order valence-electron chi connectivity index (χ0n) is 6.47. The van der Waals surface area contributed by atoms with Crippen LogP contribution in [-0.4, -0.2) is 16.4 Å². The number of amides is 1. The highest BCUT2D eigenvalue weighted by atomic mass is 16.1. The quantitative estimate of drug-likeness (QED) is 0.518. The van der Waals surface area contributed by atoms with E-state index in [1.165, 1.54) is 0 Å². The van der Waals surface area contributed by atoms with Gasteiger partial charge in [-0.05, 0) is 0 Å². The molecule has 1 N–H and O–H groups in total. The summed E-state index contributed by atoms with van der Waals surface area (Å²) in [6.07, 6.45) is 6.94. The van der Waals surface area contributed by atoms with E-state index in [-0.39, 0.29) is 6.04 Å². The van der Waals surface area contributed by atoms with Gasteiger partial charge < -0.3 is 5.32 Å². The molecular weight excluding hydrogens is 154 g/mol. The first-order valence-electron chi connectivity index (χ1n) is 3.46. The van der Waals surface area contributed by atoms with Crippen LogP contribution in [0.5, 0.6) is 0 Å². The molecule has 0 radical (unpaired) electrons. The van der Waals surface area contributed by atoms with Gasteiger partial charge in [-0.2, -0.15) is 0 Å². The number of nitrogens with one attached hydrogen (secondary N) is 1. The van der Waals surface area contributed by atoms with E-state index in [0.717, 1.165) is 0 Å². The Morgan fingerprint density at radius 2 is 2.42 bits per heavy atom. The van der Waals surface area contributed by atoms with Gasteiger partial charge in [0.1, 0.15) is 0 Å². The van der Waals surface area contributed by atoms with Crippen LogP contribution in [0.4, 0.5) is 0 Å². The zero-order valence-corrected chi connectivity index (χ0v) is 6.47. The van der Waals surface area contributed by atoms with Crippen LogP contribution in [0.3, 0.4) is 0 Å². The first-order chi connectivity index (χ1) is 5.88. The lowest BCUT2D eigenvalue weighted by atomic mass is 10.2. The average molecular weight is 163 g/mol. The van der Waals surface area contributed by atoms with E-state index < -0.39 is 0 Å². The largest absolute Gasteiger partial charge is 0.347 e. The molecule has 1 amide bonds. The van der Waals surface area contributed by atoms with Gasteiger partial charge in [0.25, 0.3) is 0 Å². The monoisotopic (exact) mass is 163 g/mol. The SMILES string of the molecule is C=CC(NC=O)c1cnccn1. The van der Waals surface area contributed by atoms with Crippen LogP contribution in [0.25, 0.3) is 0 Å². The van der Waals surface area contributed by atoms with Crippen molar-refractivity contribution in [3.8, 4) is 0 Å². The van der Waals surface area contributed by atoms with Crippen molar-refractivity contribution >= 4 is 6.41 Å². The summed E-state index contributed by atoms with van der Waals surface area (Å²) in [6, 6.07) is -0.254. The van der Waals surface area contributed by atoms with Crippen molar-refractivity contribution in [2.45, 2.75) is 6.04 Å². The lowest BCUT2D eigenvalue weighted by Crippen LogP contribution is -2.18. The normalized spacial score (nSPS) is 11.7. The second-order valence-electron chi connectivity index (χ2n) is 2.13. The Labute approximate surface area is 70.4 Å². The maximum atomic E-state index is 10.1. The molecule has 4 heteroatoms. The Morgan fingerprint density at radius 3 is 2.92 bits per heavy atom. The maximum absolute atomic E-state index is 10.1. The fraction of sp³-hybridized carbons (Fsp3) is 0.125. The summed E-state index contributed by atoms with van der Waals surface area (Å²) in [4.78, 5) is 18.0. The first-order valence-corrected chi connectivity index (χ1v) is 3.46. The molecule has 12 heavy (non-hydrogen) atoms. The number of nitrogens with zero attached hydrogens (tertiary/aromatic N) is 2. The van der Waals surface area contributed by atoms with Crippen molar-refractivity contribution in [3.63, 3.8) is 0 Å². The minimum absolute atomic E-state index is 0.254. The van der Waals surface area contributed by atoms with E-state index in [0.29, 0.717) is 12.1 Å². The molecule has 1 aromatic rings. The van der Waals surface area contributed by atoms with E-state index in [1.54, 1.807) is 24.7 Å². The van der Waals surface area contributed by atoms with E-state index in [1.807, 2.05) is 0 Å². The number of rotatable bonds is 4. The van der Waals surface area contributed by atoms with E-state index >= 15 is 0 Å². The second-order valence-corrected chi connectivity index (χ2v) is 2.13. The van der Waals surface area contributed by atoms with Crippen LogP contribution in [-0.2, 0) is 4.79 Å². The van der Waals surface area contributed by atoms with E-state index in [4.69, 9.17) is 0 Å². The van der Waals surface area contributed by atoms with Gasteiger partial charge in [0, 0.05) is 12.4 Å². The third-order valence-electron chi connectivity index (χ3n) is 1.39. The Morgan fingerprint density at radius 1 is 1.58 bits per heavy atom. The van der Waals surface area contributed by atoms with E-state index in [9.17, 15) is 4.79 Å². The minimum atomic E-state index is -0.254. The highest BCUT2D eigenvalue weighted by molar-refractivity contribution is 5.48. The Balaban J connectivity index is 2.79. The molecule has 0 bridgehead atoms. The summed E-state index contributed by atoms with van der Waals surface area (Å²) in [5.74, 6) is 0. The number of hydrogen-bond donors (Lipinski definition) is 1. The van der Waals surface area contributed by atoms with Crippen molar-refractivity contribution in [2.24, 2.45) is 0 Å². The highest BCUT2D eigenvalue weighted by Gasteiger charge is 2.05. The molecule has 4 nitrogen and oxygen atoms in total. The molecule has 1 unspecified atom stereocenters. The van der Waals surface area contributed by atoms with Gasteiger partial charge in [0.2, 0.25) is 6.41 Å². The zero-order chi connectivity index (χ0) is 8.81. The Bertz CT molecular complexity index is 260. The number of aromatic nitrogens is 2. The Kier molecular flexibility index (Phi) is 2.95. The molecule has 0 aliphatic carbocycles. The molecular formula is C8H9N3O. The summed E-state index contributed by atoms with van der Waals surface area (Å²) in [5.41, 5.74) is 0.680. The predicted octanol–water partition coefficient (Wildman–Crippen LogP) is 0.450. The van der Waals surface area contributed by atoms with Gasteiger partial charge in [-0.1, -0.05) is 6.08 Å². The molecule has 0 saturated heterocycles. The van der Waals surface area contributed by atoms with E-state index in [2.05, 4.69) is 21.9 Å². The van der Waals surface area contributed by atoms with Gasteiger partial charge in [0.15, 0.2) is 0 Å². The summed E-state index contributed by atoms with van der Waals surface area (Å²) >= 11 is 0. The summed E-state index contributed by atoms with van der Waals surface area (Å²) in [6.45, 7) is 3.57. The maximum Gasteiger partial charge on any atom is 0.207 e. The van der Waals surface area contributed by atoms with Crippen LogP contribution in [0.1, 0.15) is 11.7 Å².